The Balaban J connectivity index is 2.21. The first-order valence-electron chi connectivity index (χ1n) is 8.42. The molecule has 1 aliphatic carbocycles. The molecule has 2 aromatic rings. The zero-order valence-corrected chi connectivity index (χ0v) is 14.8. The Morgan fingerprint density at radius 2 is 1.72 bits per heavy atom. The van der Waals surface area contributed by atoms with Crippen molar-refractivity contribution in [2.45, 2.75) is 18.1 Å². The van der Waals surface area contributed by atoms with Crippen LogP contribution in [0.5, 0.6) is 0 Å². The van der Waals surface area contributed by atoms with Crippen LogP contribution in [-0.2, 0) is 11.0 Å². The molecule has 0 bridgehead atoms. The SMILES string of the molecule is N#CC1(C(N)=O)C=C(c2ccc(C(F)(F)F)cc2)C([N+](=O)[O-])C1c1ccccc1. The minimum absolute atomic E-state index is 0.0297. The summed E-state index contributed by atoms with van der Waals surface area (Å²) >= 11 is 0. The maximum Gasteiger partial charge on any atom is 0.416 e. The van der Waals surface area contributed by atoms with Crippen LogP contribution in [0, 0.1) is 26.9 Å². The molecule has 0 aliphatic heterocycles. The highest BCUT2D eigenvalue weighted by atomic mass is 19.4. The first kappa shape index (κ1) is 20.1. The van der Waals surface area contributed by atoms with E-state index in [1.165, 1.54) is 0 Å². The van der Waals surface area contributed by atoms with Gasteiger partial charge in [0.05, 0.1) is 17.6 Å². The maximum atomic E-state index is 12.8. The van der Waals surface area contributed by atoms with Crippen molar-refractivity contribution in [3.63, 3.8) is 0 Å². The Morgan fingerprint density at radius 3 is 2.17 bits per heavy atom. The molecule has 0 heterocycles. The highest BCUT2D eigenvalue weighted by molar-refractivity contribution is 5.93. The van der Waals surface area contributed by atoms with Gasteiger partial charge in [-0.05, 0) is 29.3 Å². The van der Waals surface area contributed by atoms with Crippen LogP contribution >= 0.6 is 0 Å². The summed E-state index contributed by atoms with van der Waals surface area (Å²) in [5.74, 6) is -2.29. The van der Waals surface area contributed by atoms with E-state index in [1.807, 2.05) is 6.07 Å². The number of hydrogen-bond donors (Lipinski definition) is 1. The van der Waals surface area contributed by atoms with Crippen molar-refractivity contribution in [1.82, 2.24) is 0 Å². The largest absolute Gasteiger partial charge is 0.416 e. The summed E-state index contributed by atoms with van der Waals surface area (Å²) < 4.78 is 38.5. The Morgan fingerprint density at radius 1 is 1.14 bits per heavy atom. The number of alkyl halides is 3. The van der Waals surface area contributed by atoms with Crippen LogP contribution in [0.25, 0.3) is 5.57 Å². The molecular formula is C20H14F3N3O3. The van der Waals surface area contributed by atoms with E-state index in [0.717, 1.165) is 30.3 Å². The van der Waals surface area contributed by atoms with Crippen molar-refractivity contribution in [2.24, 2.45) is 11.1 Å². The van der Waals surface area contributed by atoms with Gasteiger partial charge in [-0.25, -0.2) is 0 Å². The van der Waals surface area contributed by atoms with E-state index in [9.17, 15) is 33.3 Å². The fourth-order valence-corrected chi connectivity index (χ4v) is 3.68. The number of carbonyl (C=O) groups is 1. The number of amides is 1. The van der Waals surface area contributed by atoms with Crippen LogP contribution in [-0.4, -0.2) is 16.9 Å². The van der Waals surface area contributed by atoms with E-state index in [1.54, 1.807) is 30.3 Å². The normalized spacial score (nSPS) is 23.9. The first-order chi connectivity index (χ1) is 13.6. The van der Waals surface area contributed by atoms with E-state index in [2.05, 4.69) is 0 Å². The number of primary amides is 1. The summed E-state index contributed by atoms with van der Waals surface area (Å²) in [7, 11) is 0. The van der Waals surface area contributed by atoms with Gasteiger partial charge in [-0.1, -0.05) is 42.5 Å². The van der Waals surface area contributed by atoms with Gasteiger partial charge in [0.1, 0.15) is 0 Å². The minimum Gasteiger partial charge on any atom is -0.368 e. The molecule has 6 nitrogen and oxygen atoms in total. The van der Waals surface area contributed by atoms with Gasteiger partial charge in [-0.3, -0.25) is 14.9 Å². The first-order valence-corrected chi connectivity index (χ1v) is 8.42. The van der Waals surface area contributed by atoms with Crippen LogP contribution in [0.4, 0.5) is 13.2 Å². The maximum absolute atomic E-state index is 12.8. The zero-order valence-electron chi connectivity index (χ0n) is 14.8. The average molecular weight is 401 g/mol. The lowest BCUT2D eigenvalue weighted by molar-refractivity contribution is -0.510. The van der Waals surface area contributed by atoms with Crippen LogP contribution in [0.15, 0.2) is 60.7 Å². The molecular weight excluding hydrogens is 387 g/mol. The fourth-order valence-electron chi connectivity index (χ4n) is 3.68. The number of rotatable bonds is 4. The lowest BCUT2D eigenvalue weighted by Crippen LogP contribution is -2.42. The zero-order chi connectivity index (χ0) is 21.4. The molecule has 3 rings (SSSR count). The van der Waals surface area contributed by atoms with E-state index in [-0.39, 0.29) is 11.1 Å². The summed E-state index contributed by atoms with van der Waals surface area (Å²) in [5, 5.41) is 21.7. The number of benzene rings is 2. The Labute approximate surface area is 163 Å². The van der Waals surface area contributed by atoms with Gasteiger partial charge < -0.3 is 5.73 Å². The summed E-state index contributed by atoms with van der Waals surface area (Å²) in [6.45, 7) is 0. The number of nitriles is 1. The summed E-state index contributed by atoms with van der Waals surface area (Å²) in [6.07, 6.45) is -3.45. The molecule has 0 saturated heterocycles. The summed E-state index contributed by atoms with van der Waals surface area (Å²) in [5.41, 5.74) is 2.98. The van der Waals surface area contributed by atoms with Crippen LogP contribution in [0.3, 0.4) is 0 Å². The van der Waals surface area contributed by atoms with Crippen molar-refractivity contribution >= 4 is 11.5 Å². The Kier molecular flexibility index (Phi) is 4.88. The molecule has 2 aromatic carbocycles. The minimum atomic E-state index is -4.57. The highest BCUT2D eigenvalue weighted by Gasteiger charge is 2.59. The molecule has 1 amide bonds. The number of halogens is 3. The standard InChI is InChI=1S/C20H14F3N3O3/c21-20(22,23)14-8-6-12(7-9-14)15-10-19(11-24,18(25)27)16(17(15)26(28)29)13-4-2-1-3-5-13/h1-10,16-17H,(H2,25,27). The second kappa shape index (κ2) is 7.05. The summed E-state index contributed by atoms with van der Waals surface area (Å²) in [4.78, 5) is 23.5. The van der Waals surface area contributed by atoms with Crippen molar-refractivity contribution in [2.75, 3.05) is 0 Å². The third-order valence-corrected chi connectivity index (χ3v) is 5.03. The molecule has 0 saturated carbocycles. The molecule has 0 radical (unpaired) electrons. The van der Waals surface area contributed by atoms with Gasteiger partial charge in [-0.2, -0.15) is 18.4 Å². The molecule has 1 aliphatic rings. The van der Waals surface area contributed by atoms with Gasteiger partial charge in [-0.15, -0.1) is 0 Å². The molecule has 2 N–H and O–H groups in total. The molecule has 9 heteroatoms. The Bertz CT molecular complexity index is 1030. The number of nitrogens with zero attached hydrogens (tertiary/aromatic N) is 2. The molecule has 29 heavy (non-hydrogen) atoms. The molecule has 3 atom stereocenters. The van der Waals surface area contributed by atoms with E-state index in [4.69, 9.17) is 5.73 Å². The van der Waals surface area contributed by atoms with Gasteiger partial charge >= 0.3 is 6.18 Å². The van der Waals surface area contributed by atoms with Gasteiger partial charge in [0.2, 0.25) is 11.9 Å². The highest BCUT2D eigenvalue weighted by Crippen LogP contribution is 2.51. The second-order valence-corrected chi connectivity index (χ2v) is 6.64. The van der Waals surface area contributed by atoms with E-state index >= 15 is 0 Å². The average Bonchev–Trinajstić information content (AvgIpc) is 3.05. The topological polar surface area (TPSA) is 110 Å². The summed E-state index contributed by atoms with van der Waals surface area (Å²) in [6, 6.07) is 12.0. The van der Waals surface area contributed by atoms with E-state index < -0.39 is 39.9 Å². The number of hydrogen-bond acceptors (Lipinski definition) is 4. The van der Waals surface area contributed by atoms with Crippen LogP contribution in [0.1, 0.15) is 22.6 Å². The molecule has 0 fully saturated rings. The Hall–Kier alpha value is -3.67. The number of nitrogens with two attached hydrogens (primary N) is 1. The van der Waals surface area contributed by atoms with E-state index in [0.29, 0.717) is 5.56 Å². The smallest absolute Gasteiger partial charge is 0.368 e. The van der Waals surface area contributed by atoms with Crippen LogP contribution in [0.2, 0.25) is 0 Å². The quantitative estimate of drug-likeness (QED) is 0.624. The fraction of sp³-hybridized carbons (Fsp3) is 0.200. The van der Waals surface area contributed by atoms with Crippen LogP contribution < -0.4 is 5.73 Å². The molecule has 0 aromatic heterocycles. The second-order valence-electron chi connectivity index (χ2n) is 6.64. The van der Waals surface area contributed by atoms with Crippen molar-refractivity contribution in [1.29, 1.82) is 5.26 Å². The van der Waals surface area contributed by atoms with Crippen molar-refractivity contribution in [3.8, 4) is 6.07 Å². The third-order valence-electron chi connectivity index (χ3n) is 5.03. The predicted octanol–water partition coefficient (Wildman–Crippen LogP) is 3.53. The lowest BCUT2D eigenvalue weighted by Gasteiger charge is -2.26. The number of nitro groups is 1. The third kappa shape index (κ3) is 3.33. The van der Waals surface area contributed by atoms with Crippen molar-refractivity contribution in [3.05, 3.63) is 87.5 Å². The molecule has 148 valence electrons. The molecule has 3 unspecified atom stereocenters. The van der Waals surface area contributed by atoms with Crippen molar-refractivity contribution < 1.29 is 22.9 Å². The lowest BCUT2D eigenvalue weighted by atomic mass is 9.73. The number of carbonyl (C=O) groups excluding carboxylic acids is 1. The van der Waals surface area contributed by atoms with Gasteiger partial charge in [0, 0.05) is 10.5 Å². The predicted molar refractivity (Wildman–Crippen MR) is 96.6 cm³/mol. The molecule has 0 spiro atoms. The van der Waals surface area contributed by atoms with Gasteiger partial charge in [0.25, 0.3) is 0 Å². The monoisotopic (exact) mass is 401 g/mol. The van der Waals surface area contributed by atoms with Gasteiger partial charge in [0.15, 0.2) is 5.41 Å².